The van der Waals surface area contributed by atoms with Crippen LogP contribution in [-0.4, -0.2) is 27.0 Å². The topological polar surface area (TPSA) is 123 Å². The first kappa shape index (κ1) is 19.4. The van der Waals surface area contributed by atoms with Crippen LogP contribution in [0.3, 0.4) is 0 Å². The van der Waals surface area contributed by atoms with E-state index in [4.69, 9.17) is 5.14 Å². The second-order valence-electron chi connectivity index (χ2n) is 5.71. The van der Waals surface area contributed by atoms with Gasteiger partial charge in [-0.05, 0) is 24.6 Å². The maximum atomic E-state index is 13.2. The van der Waals surface area contributed by atoms with Gasteiger partial charge < -0.3 is 0 Å². The lowest BCUT2D eigenvalue weighted by Gasteiger charge is -2.21. The fourth-order valence-corrected chi connectivity index (χ4v) is 5.29. The number of aromatic nitrogens is 2. The summed E-state index contributed by atoms with van der Waals surface area (Å²) in [6.45, 7) is 1.82. The number of hydrogen-bond acceptors (Lipinski definition) is 7. The van der Waals surface area contributed by atoms with E-state index in [9.17, 15) is 16.8 Å². The summed E-state index contributed by atoms with van der Waals surface area (Å²) in [4.78, 5) is 0.0661. The van der Waals surface area contributed by atoms with Crippen LogP contribution in [0.5, 0.6) is 0 Å². The molecule has 2 aromatic carbocycles. The van der Waals surface area contributed by atoms with Crippen LogP contribution in [0.25, 0.3) is 0 Å². The van der Waals surface area contributed by atoms with Gasteiger partial charge in [0.2, 0.25) is 9.47 Å². The van der Waals surface area contributed by atoms with Gasteiger partial charge in [0.05, 0.1) is 11.4 Å². The summed E-state index contributed by atoms with van der Waals surface area (Å²) in [6, 6.07) is 15.2. The number of anilines is 1. The van der Waals surface area contributed by atoms with Gasteiger partial charge in [-0.2, -0.15) is 0 Å². The van der Waals surface area contributed by atoms with Crippen molar-refractivity contribution in [1.82, 2.24) is 10.2 Å². The van der Waals surface area contributed by atoms with E-state index >= 15 is 0 Å². The predicted octanol–water partition coefficient (Wildman–Crippen LogP) is 1.89. The summed E-state index contributed by atoms with van der Waals surface area (Å²) in [5, 5.41) is 12.3. The van der Waals surface area contributed by atoms with Gasteiger partial charge in [0, 0.05) is 0 Å². The lowest BCUT2D eigenvalue weighted by atomic mass is 10.2. The monoisotopic (exact) mass is 424 g/mol. The van der Waals surface area contributed by atoms with Crippen LogP contribution in [0.4, 0.5) is 5.13 Å². The number of benzene rings is 2. The Kier molecular flexibility index (Phi) is 5.29. The molecule has 2 N–H and O–H groups in total. The van der Waals surface area contributed by atoms with Gasteiger partial charge in [-0.3, -0.25) is 0 Å². The molecule has 0 unspecified atom stereocenters. The minimum Gasteiger partial charge on any atom is -0.235 e. The first-order valence-corrected chi connectivity index (χ1v) is 11.5. The molecule has 0 spiro atoms. The van der Waals surface area contributed by atoms with E-state index in [1.807, 2.05) is 13.0 Å². The van der Waals surface area contributed by atoms with Gasteiger partial charge in [0.25, 0.3) is 20.0 Å². The van der Waals surface area contributed by atoms with E-state index in [-0.39, 0.29) is 16.6 Å². The van der Waals surface area contributed by atoms with Gasteiger partial charge in [-0.25, -0.2) is 26.3 Å². The predicted molar refractivity (Wildman–Crippen MR) is 102 cm³/mol. The summed E-state index contributed by atoms with van der Waals surface area (Å²) in [5.41, 5.74) is 1.62. The zero-order chi connectivity index (χ0) is 19.7. The van der Waals surface area contributed by atoms with Crippen molar-refractivity contribution in [2.45, 2.75) is 22.7 Å². The molecule has 0 amide bonds. The van der Waals surface area contributed by atoms with Crippen molar-refractivity contribution < 1.29 is 16.8 Å². The van der Waals surface area contributed by atoms with E-state index in [2.05, 4.69) is 10.2 Å². The number of nitrogens with two attached hydrogens (primary N) is 1. The van der Waals surface area contributed by atoms with Crippen molar-refractivity contribution in [3.8, 4) is 0 Å². The minimum absolute atomic E-state index is 0.0314. The largest absolute Gasteiger partial charge is 0.267 e. The number of hydrogen-bond donors (Lipinski definition) is 1. The number of rotatable bonds is 6. The number of sulfonamides is 2. The van der Waals surface area contributed by atoms with Crippen molar-refractivity contribution >= 4 is 36.5 Å². The molecule has 3 aromatic rings. The Balaban J connectivity index is 2.09. The SMILES string of the molecule is Cc1ccc(S(=O)(=O)N(Cc2ccccc2)c2nnc(S(N)(=O)=O)s2)cc1. The van der Waals surface area contributed by atoms with Crippen molar-refractivity contribution in [3.05, 3.63) is 65.7 Å². The second-order valence-corrected chi connectivity index (χ2v) is 10.3. The van der Waals surface area contributed by atoms with Crippen molar-refractivity contribution in [1.29, 1.82) is 0 Å². The maximum Gasteiger partial charge on any atom is 0.267 e. The Morgan fingerprint density at radius 2 is 1.59 bits per heavy atom. The summed E-state index contributed by atoms with van der Waals surface area (Å²) < 4.78 is 50.0. The Labute approximate surface area is 161 Å². The normalized spacial score (nSPS) is 12.1. The molecule has 0 aliphatic carbocycles. The van der Waals surface area contributed by atoms with E-state index < -0.39 is 24.4 Å². The molecule has 0 radical (unpaired) electrons. The molecule has 0 aliphatic heterocycles. The van der Waals surface area contributed by atoms with Crippen molar-refractivity contribution in [2.24, 2.45) is 5.14 Å². The van der Waals surface area contributed by atoms with Crippen LogP contribution in [0.1, 0.15) is 11.1 Å². The van der Waals surface area contributed by atoms with Gasteiger partial charge in [0.1, 0.15) is 0 Å². The maximum absolute atomic E-state index is 13.2. The molecular weight excluding hydrogens is 408 g/mol. The van der Waals surface area contributed by atoms with E-state index in [1.165, 1.54) is 12.1 Å². The molecule has 142 valence electrons. The Hall–Kier alpha value is -2.34. The molecule has 0 fully saturated rings. The Bertz CT molecular complexity index is 1140. The van der Waals surface area contributed by atoms with Crippen LogP contribution in [-0.2, 0) is 26.6 Å². The highest BCUT2D eigenvalue weighted by Gasteiger charge is 2.29. The third kappa shape index (κ3) is 4.33. The third-order valence-corrected chi connectivity index (χ3v) is 7.75. The quantitative estimate of drug-likeness (QED) is 0.644. The molecule has 11 heteroatoms. The Morgan fingerprint density at radius 1 is 0.963 bits per heavy atom. The Morgan fingerprint density at radius 3 is 2.15 bits per heavy atom. The average molecular weight is 425 g/mol. The molecule has 1 heterocycles. The molecule has 8 nitrogen and oxygen atoms in total. The van der Waals surface area contributed by atoms with Gasteiger partial charge in [0.15, 0.2) is 0 Å². The molecule has 27 heavy (non-hydrogen) atoms. The molecule has 0 saturated carbocycles. The highest BCUT2D eigenvalue weighted by molar-refractivity contribution is 7.93. The zero-order valence-corrected chi connectivity index (χ0v) is 16.6. The summed E-state index contributed by atoms with van der Waals surface area (Å²) in [6.07, 6.45) is 0. The van der Waals surface area contributed by atoms with Crippen LogP contribution in [0, 0.1) is 6.92 Å². The second kappa shape index (κ2) is 7.35. The van der Waals surface area contributed by atoms with Crippen LogP contribution in [0.15, 0.2) is 63.8 Å². The van der Waals surface area contributed by atoms with Gasteiger partial charge >= 0.3 is 0 Å². The molecule has 0 bridgehead atoms. The standard InChI is InChI=1S/C16H16N4O4S3/c1-12-7-9-14(10-8-12)27(23,24)20(11-13-5-3-2-4-6-13)15-18-19-16(25-15)26(17,21)22/h2-10H,11H2,1H3,(H2,17,21,22). The van der Waals surface area contributed by atoms with Crippen molar-refractivity contribution in [2.75, 3.05) is 4.31 Å². The smallest absolute Gasteiger partial charge is 0.235 e. The molecule has 3 rings (SSSR count). The third-order valence-electron chi connectivity index (χ3n) is 3.63. The number of aryl methyl sites for hydroxylation is 1. The summed E-state index contributed by atoms with van der Waals surface area (Å²) in [5.74, 6) is 0. The van der Waals surface area contributed by atoms with Crippen LogP contribution >= 0.6 is 11.3 Å². The first-order chi connectivity index (χ1) is 12.7. The average Bonchev–Trinajstić information content (AvgIpc) is 3.11. The lowest BCUT2D eigenvalue weighted by molar-refractivity contribution is 0.590. The highest BCUT2D eigenvalue weighted by Crippen LogP contribution is 2.30. The molecule has 0 atom stereocenters. The van der Waals surface area contributed by atoms with Gasteiger partial charge in [-0.15, -0.1) is 10.2 Å². The molecule has 1 aromatic heterocycles. The lowest BCUT2D eigenvalue weighted by Crippen LogP contribution is -2.30. The molecule has 0 aliphatic rings. The van der Waals surface area contributed by atoms with E-state index in [0.29, 0.717) is 16.9 Å². The summed E-state index contributed by atoms with van der Waals surface area (Å²) >= 11 is 0.603. The van der Waals surface area contributed by atoms with Crippen LogP contribution in [0.2, 0.25) is 0 Å². The zero-order valence-electron chi connectivity index (χ0n) is 14.2. The van der Waals surface area contributed by atoms with Crippen LogP contribution < -0.4 is 9.44 Å². The minimum atomic E-state index is -4.08. The molecular formula is C16H16N4O4S3. The number of nitrogens with zero attached hydrogens (tertiary/aromatic N) is 3. The molecule has 0 saturated heterocycles. The fraction of sp³-hybridized carbons (Fsp3) is 0.125. The van der Waals surface area contributed by atoms with Crippen molar-refractivity contribution in [3.63, 3.8) is 0 Å². The van der Waals surface area contributed by atoms with Gasteiger partial charge in [-0.1, -0.05) is 59.4 Å². The van der Waals surface area contributed by atoms with E-state index in [1.54, 1.807) is 36.4 Å². The van der Waals surface area contributed by atoms with E-state index in [0.717, 1.165) is 9.87 Å². The fourth-order valence-electron chi connectivity index (χ4n) is 2.26. The summed E-state index contributed by atoms with van der Waals surface area (Å²) in [7, 11) is -8.08. The number of primary sulfonamides is 1. The highest BCUT2D eigenvalue weighted by atomic mass is 32.2. The first-order valence-electron chi connectivity index (χ1n) is 7.67.